The zero-order valence-corrected chi connectivity index (χ0v) is 24.1. The van der Waals surface area contributed by atoms with Crippen LogP contribution < -0.4 is 15.2 Å². The van der Waals surface area contributed by atoms with Crippen LogP contribution in [0.1, 0.15) is 90.0 Å². The Labute approximate surface area is 240 Å². The number of hydrogen-bond donors (Lipinski definition) is 0. The van der Waals surface area contributed by atoms with Crippen molar-refractivity contribution >= 4 is 40.2 Å². The van der Waals surface area contributed by atoms with E-state index in [4.69, 9.17) is 21.1 Å². The van der Waals surface area contributed by atoms with E-state index >= 15 is 0 Å². The van der Waals surface area contributed by atoms with Crippen LogP contribution in [0, 0.1) is 0 Å². The predicted molar refractivity (Wildman–Crippen MR) is 157 cm³/mol. The fourth-order valence-corrected chi connectivity index (χ4v) is 5.27. The minimum atomic E-state index is -1.35. The number of rotatable bonds is 15. The van der Waals surface area contributed by atoms with Crippen molar-refractivity contribution < 1.29 is 19.1 Å². The molecular weight excluding hydrogens is 530 g/mol. The fourth-order valence-electron chi connectivity index (χ4n) is 5.09. The second-order valence-corrected chi connectivity index (χ2v) is 10.5. The Morgan fingerprint density at radius 2 is 1.57 bits per heavy atom. The van der Waals surface area contributed by atoms with E-state index < -0.39 is 18.1 Å². The molecule has 40 heavy (non-hydrogen) atoms. The van der Waals surface area contributed by atoms with E-state index in [1.807, 2.05) is 6.92 Å². The van der Waals surface area contributed by atoms with Crippen LogP contribution in [0.3, 0.4) is 0 Å². The molecule has 0 bridgehead atoms. The summed E-state index contributed by atoms with van der Waals surface area (Å²) in [5.41, 5.74) is 0.370. The Hall–Kier alpha value is -3.39. The van der Waals surface area contributed by atoms with Crippen LogP contribution in [0.25, 0.3) is 10.9 Å². The Kier molecular flexibility index (Phi) is 10.6. The van der Waals surface area contributed by atoms with Crippen molar-refractivity contribution in [2.75, 3.05) is 11.5 Å². The maximum atomic E-state index is 13.6. The number of unbranched alkanes of at least 4 members (excludes halogenated alkanes) is 9. The van der Waals surface area contributed by atoms with Gasteiger partial charge in [-0.3, -0.25) is 14.2 Å². The number of para-hydroxylation sites is 2. The van der Waals surface area contributed by atoms with Gasteiger partial charge in [0.25, 0.3) is 11.5 Å². The monoisotopic (exact) mass is 567 g/mol. The van der Waals surface area contributed by atoms with Crippen molar-refractivity contribution in [2.24, 2.45) is 0 Å². The van der Waals surface area contributed by atoms with Crippen molar-refractivity contribution in [3.63, 3.8) is 0 Å². The van der Waals surface area contributed by atoms with E-state index in [1.54, 1.807) is 42.5 Å². The lowest BCUT2D eigenvalue weighted by Gasteiger charge is -2.17. The van der Waals surface area contributed by atoms with Crippen LogP contribution in [0.2, 0.25) is 5.02 Å². The van der Waals surface area contributed by atoms with E-state index in [2.05, 4.69) is 11.9 Å². The van der Waals surface area contributed by atoms with Gasteiger partial charge >= 0.3 is 6.09 Å². The SMILES string of the molecule is CCCCCCCCCCCCn1c(C2OC(=O)N(c3ccccc3OCC)C2=O)nc2ccc(Cl)cc2c1=O. The van der Waals surface area contributed by atoms with Gasteiger partial charge in [0.2, 0.25) is 6.10 Å². The fraction of sp³-hybridized carbons (Fsp3) is 0.484. The number of carbonyl (C=O) groups is 2. The predicted octanol–water partition coefficient (Wildman–Crippen LogP) is 7.59. The molecule has 1 atom stereocenters. The summed E-state index contributed by atoms with van der Waals surface area (Å²) >= 11 is 6.18. The summed E-state index contributed by atoms with van der Waals surface area (Å²) in [6.07, 6.45) is 9.36. The summed E-state index contributed by atoms with van der Waals surface area (Å²) in [5.74, 6) is -0.112. The van der Waals surface area contributed by atoms with Crippen LogP contribution in [0.4, 0.5) is 10.5 Å². The third kappa shape index (κ3) is 6.84. The van der Waals surface area contributed by atoms with Gasteiger partial charge < -0.3 is 9.47 Å². The van der Waals surface area contributed by atoms with Gasteiger partial charge in [-0.1, -0.05) is 88.4 Å². The molecule has 0 radical (unpaired) electrons. The number of anilines is 1. The molecule has 2 heterocycles. The number of fused-ring (bicyclic) bond motifs is 1. The lowest BCUT2D eigenvalue weighted by molar-refractivity contribution is -0.122. The minimum Gasteiger partial charge on any atom is -0.492 e. The number of amides is 2. The maximum Gasteiger partial charge on any atom is 0.422 e. The number of benzene rings is 2. The molecule has 0 N–H and O–H groups in total. The van der Waals surface area contributed by atoms with Crippen LogP contribution in [0.15, 0.2) is 47.3 Å². The Balaban J connectivity index is 1.54. The zero-order chi connectivity index (χ0) is 28.5. The average Bonchev–Trinajstić information content (AvgIpc) is 3.24. The van der Waals surface area contributed by atoms with Crippen LogP contribution in [-0.2, 0) is 16.1 Å². The van der Waals surface area contributed by atoms with Crippen molar-refractivity contribution in [1.82, 2.24) is 9.55 Å². The topological polar surface area (TPSA) is 90.7 Å². The molecular formula is C31H38ClN3O5. The van der Waals surface area contributed by atoms with E-state index in [0.717, 1.165) is 30.6 Å². The molecule has 1 aliphatic heterocycles. The maximum absolute atomic E-state index is 13.6. The van der Waals surface area contributed by atoms with Crippen molar-refractivity contribution in [2.45, 2.75) is 90.7 Å². The van der Waals surface area contributed by atoms with E-state index in [9.17, 15) is 14.4 Å². The summed E-state index contributed by atoms with van der Waals surface area (Å²) < 4.78 is 12.7. The molecule has 0 spiro atoms. The normalized spacial score (nSPS) is 15.2. The highest BCUT2D eigenvalue weighted by atomic mass is 35.5. The summed E-state index contributed by atoms with van der Waals surface area (Å²) in [7, 11) is 0. The van der Waals surface area contributed by atoms with E-state index in [1.165, 1.54) is 43.1 Å². The lowest BCUT2D eigenvalue weighted by Crippen LogP contribution is -2.33. The van der Waals surface area contributed by atoms with E-state index in [-0.39, 0.29) is 17.1 Å². The summed E-state index contributed by atoms with van der Waals surface area (Å²) in [6, 6.07) is 11.6. The number of ether oxygens (including phenoxy) is 2. The second kappa shape index (κ2) is 14.3. The highest BCUT2D eigenvalue weighted by Crippen LogP contribution is 2.36. The lowest BCUT2D eigenvalue weighted by atomic mass is 10.1. The Morgan fingerprint density at radius 3 is 2.27 bits per heavy atom. The van der Waals surface area contributed by atoms with Gasteiger partial charge in [0, 0.05) is 11.6 Å². The summed E-state index contributed by atoms with van der Waals surface area (Å²) in [4.78, 5) is 45.8. The van der Waals surface area contributed by atoms with Gasteiger partial charge in [-0.25, -0.2) is 14.7 Å². The third-order valence-electron chi connectivity index (χ3n) is 7.17. The highest BCUT2D eigenvalue weighted by molar-refractivity contribution is 6.31. The molecule has 2 aromatic carbocycles. The molecule has 1 unspecified atom stereocenters. The van der Waals surface area contributed by atoms with Crippen LogP contribution >= 0.6 is 11.6 Å². The molecule has 8 nitrogen and oxygen atoms in total. The molecule has 0 aliphatic carbocycles. The summed E-state index contributed by atoms with van der Waals surface area (Å²) in [6.45, 7) is 4.77. The molecule has 1 saturated heterocycles. The van der Waals surface area contributed by atoms with Gasteiger partial charge in [-0.2, -0.15) is 0 Å². The number of cyclic esters (lactones) is 1. The first-order valence-corrected chi connectivity index (χ1v) is 14.8. The minimum absolute atomic E-state index is 0.116. The second-order valence-electron chi connectivity index (χ2n) is 10.1. The smallest absolute Gasteiger partial charge is 0.422 e. The quantitative estimate of drug-likeness (QED) is 0.176. The number of imide groups is 1. The Bertz CT molecular complexity index is 1390. The molecule has 2 amide bonds. The number of carbonyl (C=O) groups excluding carboxylic acids is 2. The first-order valence-electron chi connectivity index (χ1n) is 14.4. The van der Waals surface area contributed by atoms with Gasteiger partial charge in [-0.05, 0) is 43.7 Å². The number of nitrogens with zero attached hydrogens (tertiary/aromatic N) is 3. The van der Waals surface area contributed by atoms with Crippen LogP contribution in [0.5, 0.6) is 5.75 Å². The zero-order valence-electron chi connectivity index (χ0n) is 23.4. The van der Waals surface area contributed by atoms with Gasteiger partial charge in [-0.15, -0.1) is 0 Å². The first kappa shape index (κ1) is 29.6. The molecule has 3 aromatic rings. The van der Waals surface area contributed by atoms with Gasteiger partial charge in [0.05, 0.1) is 23.2 Å². The highest BCUT2D eigenvalue weighted by Gasteiger charge is 2.46. The molecule has 1 fully saturated rings. The van der Waals surface area contributed by atoms with Crippen molar-refractivity contribution in [3.8, 4) is 5.75 Å². The number of hydrogen-bond acceptors (Lipinski definition) is 6. The average molecular weight is 568 g/mol. The molecule has 0 saturated carbocycles. The molecule has 9 heteroatoms. The van der Waals surface area contributed by atoms with Gasteiger partial charge in [0.1, 0.15) is 5.75 Å². The molecule has 4 rings (SSSR count). The standard InChI is InChI=1S/C31H38ClN3O5/c1-3-5-6-7-8-9-10-11-12-15-20-34-28(33-24-19-18-22(32)21-23(24)29(34)36)27-30(37)35(31(38)40-27)25-16-13-14-17-26(25)39-4-2/h13-14,16-19,21,27H,3-12,15,20H2,1-2H3. The Morgan fingerprint density at radius 1 is 0.900 bits per heavy atom. The first-order chi connectivity index (χ1) is 19.5. The third-order valence-corrected chi connectivity index (χ3v) is 7.40. The molecule has 1 aliphatic rings. The van der Waals surface area contributed by atoms with Crippen molar-refractivity contribution in [1.29, 1.82) is 0 Å². The van der Waals surface area contributed by atoms with Gasteiger partial charge in [0.15, 0.2) is 5.82 Å². The largest absolute Gasteiger partial charge is 0.492 e. The van der Waals surface area contributed by atoms with Crippen LogP contribution in [-0.4, -0.2) is 28.2 Å². The summed E-state index contributed by atoms with van der Waals surface area (Å²) in [5, 5.41) is 0.783. The molecule has 214 valence electrons. The molecule has 1 aromatic heterocycles. The number of aromatic nitrogens is 2. The number of halogens is 1. The van der Waals surface area contributed by atoms with Crippen molar-refractivity contribution in [3.05, 3.63) is 63.7 Å². The van der Waals surface area contributed by atoms with E-state index in [0.29, 0.717) is 34.8 Å².